The molecular formula is C10H11BrO4S. The van der Waals surface area contributed by atoms with Crippen LogP contribution in [0.15, 0.2) is 27.6 Å². The third-order valence-electron chi connectivity index (χ3n) is 2.10. The largest absolute Gasteiger partial charge is 0.478 e. The predicted octanol–water partition coefficient (Wildman–Crippen LogP) is 2.33. The lowest BCUT2D eigenvalue weighted by Gasteiger charge is -2.10. The van der Waals surface area contributed by atoms with Crippen LogP contribution in [0.5, 0.6) is 0 Å². The highest BCUT2D eigenvalue weighted by Crippen LogP contribution is 2.24. The summed E-state index contributed by atoms with van der Waals surface area (Å²) in [6.45, 7) is 3.03. The smallest absolute Gasteiger partial charge is 0.337 e. The van der Waals surface area contributed by atoms with Crippen LogP contribution < -0.4 is 0 Å². The van der Waals surface area contributed by atoms with Gasteiger partial charge in [-0.3, -0.25) is 0 Å². The van der Waals surface area contributed by atoms with E-state index in [1.807, 2.05) is 0 Å². The Labute approximate surface area is 102 Å². The lowest BCUT2D eigenvalue weighted by atomic mass is 10.2. The Balaban J connectivity index is 3.54. The number of halogens is 1. The molecule has 0 atom stereocenters. The molecule has 0 aliphatic rings. The van der Waals surface area contributed by atoms with Gasteiger partial charge in [-0.15, -0.1) is 0 Å². The molecule has 1 rings (SSSR count). The number of rotatable bonds is 3. The van der Waals surface area contributed by atoms with Crippen LogP contribution in [0.4, 0.5) is 0 Å². The fourth-order valence-corrected chi connectivity index (χ4v) is 2.94. The van der Waals surface area contributed by atoms with Crippen molar-refractivity contribution < 1.29 is 18.3 Å². The molecule has 16 heavy (non-hydrogen) atoms. The summed E-state index contributed by atoms with van der Waals surface area (Å²) in [5.41, 5.74) is -0.197. The molecule has 0 bridgehead atoms. The standard InChI is InChI=1S/C10H11BrO4S/c1-6(2)16(14,15)9-5-7(11)3-4-8(9)10(12)13/h3-6H,1-2H3,(H,12,13). The van der Waals surface area contributed by atoms with Gasteiger partial charge < -0.3 is 5.11 Å². The highest BCUT2D eigenvalue weighted by atomic mass is 79.9. The van der Waals surface area contributed by atoms with Crippen molar-refractivity contribution in [2.24, 2.45) is 0 Å². The topological polar surface area (TPSA) is 71.4 Å². The molecule has 0 aliphatic heterocycles. The van der Waals surface area contributed by atoms with Crippen LogP contribution in [-0.2, 0) is 9.84 Å². The summed E-state index contributed by atoms with van der Waals surface area (Å²) in [6.07, 6.45) is 0. The minimum Gasteiger partial charge on any atom is -0.478 e. The van der Waals surface area contributed by atoms with Gasteiger partial charge in [-0.2, -0.15) is 0 Å². The maximum atomic E-state index is 11.9. The van der Waals surface area contributed by atoms with Gasteiger partial charge in [-0.1, -0.05) is 15.9 Å². The van der Waals surface area contributed by atoms with E-state index >= 15 is 0 Å². The molecule has 88 valence electrons. The third-order valence-corrected chi connectivity index (χ3v) is 4.79. The van der Waals surface area contributed by atoms with E-state index in [2.05, 4.69) is 15.9 Å². The fraction of sp³-hybridized carbons (Fsp3) is 0.300. The van der Waals surface area contributed by atoms with E-state index in [1.54, 1.807) is 0 Å². The second-order valence-corrected chi connectivity index (χ2v) is 6.93. The number of hydrogen-bond donors (Lipinski definition) is 1. The summed E-state index contributed by atoms with van der Waals surface area (Å²) in [6, 6.07) is 4.10. The highest BCUT2D eigenvalue weighted by molar-refractivity contribution is 9.10. The minimum absolute atomic E-state index is 0.149. The summed E-state index contributed by atoms with van der Waals surface area (Å²) < 4.78 is 24.4. The van der Waals surface area contributed by atoms with Crippen LogP contribution in [0.1, 0.15) is 24.2 Å². The zero-order chi connectivity index (χ0) is 12.5. The van der Waals surface area contributed by atoms with E-state index in [-0.39, 0.29) is 10.5 Å². The van der Waals surface area contributed by atoms with Gasteiger partial charge in [0.1, 0.15) is 0 Å². The second kappa shape index (κ2) is 4.55. The van der Waals surface area contributed by atoms with Crippen molar-refractivity contribution in [3.63, 3.8) is 0 Å². The SMILES string of the molecule is CC(C)S(=O)(=O)c1cc(Br)ccc1C(=O)O. The van der Waals surface area contributed by atoms with Gasteiger partial charge in [0, 0.05) is 4.47 Å². The molecular weight excluding hydrogens is 296 g/mol. The predicted molar refractivity (Wildman–Crippen MR) is 63.4 cm³/mol. The normalized spacial score (nSPS) is 11.8. The molecule has 1 aromatic rings. The summed E-state index contributed by atoms with van der Waals surface area (Å²) in [7, 11) is -3.59. The Morgan fingerprint density at radius 1 is 1.38 bits per heavy atom. The van der Waals surface area contributed by atoms with Crippen molar-refractivity contribution in [2.45, 2.75) is 24.0 Å². The molecule has 0 fully saturated rings. The molecule has 6 heteroatoms. The van der Waals surface area contributed by atoms with Crippen LogP contribution in [0.3, 0.4) is 0 Å². The van der Waals surface area contributed by atoms with Crippen LogP contribution in [0.2, 0.25) is 0 Å². The Morgan fingerprint density at radius 3 is 2.38 bits per heavy atom. The van der Waals surface area contributed by atoms with Gasteiger partial charge in [0.25, 0.3) is 0 Å². The second-order valence-electron chi connectivity index (χ2n) is 3.54. The first-order chi connectivity index (χ1) is 7.26. The number of carbonyl (C=O) groups is 1. The fourth-order valence-electron chi connectivity index (χ4n) is 1.16. The molecule has 0 saturated carbocycles. The molecule has 1 N–H and O–H groups in total. The molecule has 0 spiro atoms. The Bertz CT molecular complexity index is 520. The van der Waals surface area contributed by atoms with Crippen LogP contribution in [0.25, 0.3) is 0 Å². The minimum atomic E-state index is -3.59. The van der Waals surface area contributed by atoms with Crippen molar-refractivity contribution in [1.29, 1.82) is 0 Å². The molecule has 1 aromatic carbocycles. The zero-order valence-corrected chi connectivity index (χ0v) is 11.2. The zero-order valence-electron chi connectivity index (χ0n) is 8.77. The summed E-state index contributed by atoms with van der Waals surface area (Å²) in [4.78, 5) is 10.8. The van der Waals surface area contributed by atoms with Crippen molar-refractivity contribution in [1.82, 2.24) is 0 Å². The Kier molecular flexibility index (Phi) is 3.75. The monoisotopic (exact) mass is 306 g/mol. The van der Waals surface area contributed by atoms with E-state index in [1.165, 1.54) is 32.0 Å². The van der Waals surface area contributed by atoms with Gasteiger partial charge in [-0.05, 0) is 32.0 Å². The first-order valence-corrected chi connectivity index (χ1v) is 6.87. The molecule has 4 nitrogen and oxygen atoms in total. The Hall–Kier alpha value is -0.880. The van der Waals surface area contributed by atoms with E-state index in [4.69, 9.17) is 5.11 Å². The maximum Gasteiger partial charge on any atom is 0.337 e. The van der Waals surface area contributed by atoms with E-state index in [0.29, 0.717) is 4.47 Å². The van der Waals surface area contributed by atoms with Crippen LogP contribution in [-0.4, -0.2) is 24.7 Å². The first-order valence-electron chi connectivity index (χ1n) is 4.53. The number of sulfone groups is 1. The molecule has 0 unspecified atom stereocenters. The average Bonchev–Trinajstić information content (AvgIpc) is 2.16. The molecule has 0 radical (unpaired) electrons. The van der Waals surface area contributed by atoms with Gasteiger partial charge in [0.15, 0.2) is 9.84 Å². The first kappa shape index (κ1) is 13.2. The van der Waals surface area contributed by atoms with Crippen molar-refractivity contribution in [3.8, 4) is 0 Å². The van der Waals surface area contributed by atoms with Crippen molar-refractivity contribution >= 4 is 31.7 Å². The Morgan fingerprint density at radius 2 is 1.94 bits per heavy atom. The van der Waals surface area contributed by atoms with Crippen molar-refractivity contribution in [3.05, 3.63) is 28.2 Å². The van der Waals surface area contributed by atoms with Gasteiger partial charge in [0.05, 0.1) is 15.7 Å². The third kappa shape index (κ3) is 2.44. The molecule has 0 aliphatic carbocycles. The highest BCUT2D eigenvalue weighted by Gasteiger charge is 2.25. The van der Waals surface area contributed by atoms with E-state index in [9.17, 15) is 13.2 Å². The molecule has 0 saturated heterocycles. The van der Waals surface area contributed by atoms with Gasteiger partial charge >= 0.3 is 5.97 Å². The lowest BCUT2D eigenvalue weighted by Crippen LogP contribution is -2.17. The number of carboxylic acid groups (broad SMARTS) is 1. The summed E-state index contributed by atoms with van der Waals surface area (Å²) in [5, 5.41) is 8.27. The maximum absolute atomic E-state index is 11.9. The number of benzene rings is 1. The lowest BCUT2D eigenvalue weighted by molar-refractivity contribution is 0.0692. The van der Waals surface area contributed by atoms with Gasteiger partial charge in [-0.25, -0.2) is 13.2 Å². The number of aromatic carboxylic acids is 1. The number of hydrogen-bond acceptors (Lipinski definition) is 3. The van der Waals surface area contributed by atoms with Gasteiger partial charge in [0.2, 0.25) is 0 Å². The van der Waals surface area contributed by atoms with Crippen LogP contribution in [0, 0.1) is 0 Å². The molecule has 0 heterocycles. The van der Waals surface area contributed by atoms with Crippen LogP contribution >= 0.6 is 15.9 Å². The number of carboxylic acids is 1. The average molecular weight is 307 g/mol. The molecule has 0 aromatic heterocycles. The van der Waals surface area contributed by atoms with E-state index in [0.717, 1.165) is 0 Å². The quantitative estimate of drug-likeness (QED) is 0.930. The van der Waals surface area contributed by atoms with Crippen molar-refractivity contribution in [2.75, 3.05) is 0 Å². The molecule has 0 amide bonds. The van der Waals surface area contributed by atoms with E-state index < -0.39 is 21.1 Å². The summed E-state index contributed by atoms with van der Waals surface area (Å²) in [5.74, 6) is -1.24. The summed E-state index contributed by atoms with van der Waals surface area (Å²) >= 11 is 3.13.